The van der Waals surface area contributed by atoms with Crippen LogP contribution in [0.4, 0.5) is 0 Å². The standard InChI is InChI=1S/C12H23N3O3/c1-14(2)11(16)9-15(7-8-18-3)12(17)10-5-4-6-13-10/h10,13H,4-9H2,1-3H3/t10-/m0/s1. The van der Waals surface area contributed by atoms with Crippen molar-refractivity contribution in [1.29, 1.82) is 0 Å². The molecule has 0 aromatic heterocycles. The molecule has 1 fully saturated rings. The monoisotopic (exact) mass is 257 g/mol. The van der Waals surface area contributed by atoms with Gasteiger partial charge in [0.1, 0.15) is 0 Å². The van der Waals surface area contributed by atoms with E-state index in [1.54, 1.807) is 26.1 Å². The number of hydrogen-bond acceptors (Lipinski definition) is 4. The number of carbonyl (C=O) groups excluding carboxylic acids is 2. The first-order valence-electron chi connectivity index (χ1n) is 6.27. The summed E-state index contributed by atoms with van der Waals surface area (Å²) in [6.07, 6.45) is 1.86. The Morgan fingerprint density at radius 1 is 1.39 bits per heavy atom. The molecule has 0 aliphatic carbocycles. The zero-order valence-electron chi connectivity index (χ0n) is 11.4. The lowest BCUT2D eigenvalue weighted by molar-refractivity contribution is -0.140. The number of carbonyl (C=O) groups is 2. The summed E-state index contributed by atoms with van der Waals surface area (Å²) in [5, 5.41) is 3.16. The van der Waals surface area contributed by atoms with Gasteiger partial charge < -0.3 is 19.9 Å². The number of rotatable bonds is 6. The zero-order valence-corrected chi connectivity index (χ0v) is 11.4. The second-order valence-electron chi connectivity index (χ2n) is 4.69. The Labute approximate surface area is 108 Å². The van der Waals surface area contributed by atoms with Crippen LogP contribution in [0.2, 0.25) is 0 Å². The van der Waals surface area contributed by atoms with E-state index in [9.17, 15) is 9.59 Å². The van der Waals surface area contributed by atoms with Crippen LogP contribution in [0.5, 0.6) is 0 Å². The maximum Gasteiger partial charge on any atom is 0.241 e. The lowest BCUT2D eigenvalue weighted by atomic mass is 10.2. The fourth-order valence-electron chi connectivity index (χ4n) is 1.89. The molecule has 1 N–H and O–H groups in total. The van der Waals surface area contributed by atoms with Gasteiger partial charge in [-0.25, -0.2) is 0 Å². The van der Waals surface area contributed by atoms with E-state index >= 15 is 0 Å². The van der Waals surface area contributed by atoms with Crippen LogP contribution < -0.4 is 5.32 Å². The molecule has 0 aromatic carbocycles. The molecule has 0 saturated carbocycles. The normalized spacial score (nSPS) is 18.7. The van der Waals surface area contributed by atoms with E-state index in [1.807, 2.05) is 0 Å². The quantitative estimate of drug-likeness (QED) is 0.683. The summed E-state index contributed by atoms with van der Waals surface area (Å²) in [4.78, 5) is 27.0. The predicted octanol–water partition coefficient (Wildman–Crippen LogP) is -0.698. The van der Waals surface area contributed by atoms with Crippen LogP contribution in [0.25, 0.3) is 0 Å². The molecule has 1 heterocycles. The largest absolute Gasteiger partial charge is 0.383 e. The molecule has 18 heavy (non-hydrogen) atoms. The van der Waals surface area contributed by atoms with Gasteiger partial charge in [-0.05, 0) is 19.4 Å². The Morgan fingerprint density at radius 3 is 2.61 bits per heavy atom. The van der Waals surface area contributed by atoms with Gasteiger partial charge in [-0.2, -0.15) is 0 Å². The minimum absolute atomic E-state index is 0.000231. The molecule has 6 nitrogen and oxygen atoms in total. The molecule has 6 heteroatoms. The van der Waals surface area contributed by atoms with Gasteiger partial charge in [-0.3, -0.25) is 9.59 Å². The summed E-state index contributed by atoms with van der Waals surface area (Å²) in [5.74, 6) is -0.0720. The number of methoxy groups -OCH3 is 1. The van der Waals surface area contributed by atoms with Crippen LogP contribution in [-0.2, 0) is 14.3 Å². The second-order valence-corrected chi connectivity index (χ2v) is 4.69. The van der Waals surface area contributed by atoms with Crippen molar-refractivity contribution < 1.29 is 14.3 Å². The van der Waals surface area contributed by atoms with Gasteiger partial charge in [0.2, 0.25) is 11.8 Å². The summed E-state index contributed by atoms with van der Waals surface area (Å²) in [6.45, 7) is 1.88. The van der Waals surface area contributed by atoms with Crippen molar-refractivity contribution in [3.05, 3.63) is 0 Å². The Balaban J connectivity index is 2.58. The van der Waals surface area contributed by atoms with Crippen molar-refractivity contribution in [1.82, 2.24) is 15.1 Å². The van der Waals surface area contributed by atoms with Crippen LogP contribution in [0.15, 0.2) is 0 Å². The van der Waals surface area contributed by atoms with Gasteiger partial charge in [-0.15, -0.1) is 0 Å². The molecule has 0 aromatic rings. The molecule has 1 aliphatic heterocycles. The van der Waals surface area contributed by atoms with Crippen molar-refractivity contribution in [2.45, 2.75) is 18.9 Å². The fourth-order valence-corrected chi connectivity index (χ4v) is 1.89. The lowest BCUT2D eigenvalue weighted by Gasteiger charge is -2.26. The molecule has 104 valence electrons. The van der Waals surface area contributed by atoms with Crippen LogP contribution in [-0.4, -0.2) is 75.1 Å². The fraction of sp³-hybridized carbons (Fsp3) is 0.833. The molecule has 1 saturated heterocycles. The summed E-state index contributed by atoms with van der Waals surface area (Å²) < 4.78 is 4.99. The topological polar surface area (TPSA) is 61.9 Å². The zero-order chi connectivity index (χ0) is 13.5. The highest BCUT2D eigenvalue weighted by Crippen LogP contribution is 2.08. The highest BCUT2D eigenvalue weighted by molar-refractivity contribution is 5.87. The van der Waals surface area contributed by atoms with Gasteiger partial charge in [0.15, 0.2) is 0 Å². The average Bonchev–Trinajstić information content (AvgIpc) is 2.86. The Hall–Kier alpha value is -1.14. The number of nitrogens with one attached hydrogen (secondary N) is 1. The Morgan fingerprint density at radius 2 is 2.11 bits per heavy atom. The Bertz CT molecular complexity index is 288. The van der Waals surface area contributed by atoms with Crippen LogP contribution in [0, 0.1) is 0 Å². The minimum atomic E-state index is -0.142. The van der Waals surface area contributed by atoms with Crippen molar-refractivity contribution in [2.24, 2.45) is 0 Å². The smallest absolute Gasteiger partial charge is 0.241 e. The Kier molecular flexibility index (Phi) is 6.07. The third kappa shape index (κ3) is 4.27. The minimum Gasteiger partial charge on any atom is -0.383 e. The van der Waals surface area contributed by atoms with E-state index in [-0.39, 0.29) is 24.4 Å². The van der Waals surface area contributed by atoms with E-state index in [2.05, 4.69) is 5.32 Å². The molecule has 0 radical (unpaired) electrons. The molecule has 0 spiro atoms. The molecule has 1 aliphatic rings. The third-order valence-electron chi connectivity index (χ3n) is 3.06. The van der Waals surface area contributed by atoms with Gasteiger partial charge >= 0.3 is 0 Å². The maximum atomic E-state index is 12.2. The van der Waals surface area contributed by atoms with E-state index in [1.165, 1.54) is 4.90 Å². The van der Waals surface area contributed by atoms with Crippen molar-refractivity contribution >= 4 is 11.8 Å². The van der Waals surface area contributed by atoms with Crippen molar-refractivity contribution in [3.8, 4) is 0 Å². The van der Waals surface area contributed by atoms with Gasteiger partial charge in [-0.1, -0.05) is 0 Å². The maximum absolute atomic E-state index is 12.2. The first-order valence-corrected chi connectivity index (χ1v) is 6.27. The predicted molar refractivity (Wildman–Crippen MR) is 68.2 cm³/mol. The summed E-state index contributed by atoms with van der Waals surface area (Å²) in [7, 11) is 4.97. The SMILES string of the molecule is COCCN(CC(=O)N(C)C)C(=O)[C@@H]1CCCN1. The van der Waals surface area contributed by atoms with Crippen molar-refractivity contribution in [2.75, 3.05) is 47.4 Å². The van der Waals surface area contributed by atoms with Gasteiger partial charge in [0.25, 0.3) is 0 Å². The number of amides is 2. The number of likely N-dealkylation sites (N-methyl/N-ethyl adjacent to an activating group) is 1. The average molecular weight is 257 g/mol. The number of ether oxygens (including phenoxy) is 1. The first kappa shape index (κ1) is 14.9. The molecular weight excluding hydrogens is 234 g/mol. The van der Waals surface area contributed by atoms with E-state index in [4.69, 9.17) is 4.74 Å². The van der Waals surface area contributed by atoms with Crippen molar-refractivity contribution in [3.63, 3.8) is 0 Å². The summed E-state index contributed by atoms with van der Waals surface area (Å²) in [5.41, 5.74) is 0. The van der Waals surface area contributed by atoms with E-state index in [0.29, 0.717) is 13.2 Å². The summed E-state index contributed by atoms with van der Waals surface area (Å²) in [6, 6.07) is -0.142. The third-order valence-corrected chi connectivity index (χ3v) is 3.06. The first-order chi connectivity index (χ1) is 8.56. The molecule has 1 rings (SSSR count). The number of nitrogens with zero attached hydrogens (tertiary/aromatic N) is 2. The van der Waals surface area contributed by atoms with Gasteiger partial charge in [0, 0.05) is 27.7 Å². The highest BCUT2D eigenvalue weighted by Gasteiger charge is 2.28. The molecular formula is C12H23N3O3. The van der Waals surface area contributed by atoms with Crippen LogP contribution >= 0.6 is 0 Å². The molecule has 0 unspecified atom stereocenters. The van der Waals surface area contributed by atoms with E-state index < -0.39 is 0 Å². The lowest BCUT2D eigenvalue weighted by Crippen LogP contribution is -2.48. The molecule has 0 bridgehead atoms. The van der Waals surface area contributed by atoms with E-state index in [0.717, 1.165) is 19.4 Å². The summed E-state index contributed by atoms with van der Waals surface area (Å²) >= 11 is 0. The highest BCUT2D eigenvalue weighted by atomic mass is 16.5. The number of hydrogen-bond donors (Lipinski definition) is 1. The van der Waals surface area contributed by atoms with Crippen LogP contribution in [0.1, 0.15) is 12.8 Å². The second kappa shape index (κ2) is 7.33. The molecule has 2 amide bonds. The van der Waals surface area contributed by atoms with Crippen LogP contribution in [0.3, 0.4) is 0 Å². The van der Waals surface area contributed by atoms with Gasteiger partial charge in [0.05, 0.1) is 19.2 Å². The molecule has 1 atom stereocenters.